The molecule has 1 N–H and O–H groups in total. The summed E-state index contributed by atoms with van der Waals surface area (Å²) in [6.07, 6.45) is 2.85. The molecule has 24 heavy (non-hydrogen) atoms. The Balaban J connectivity index is 1.84. The maximum absolute atomic E-state index is 12.1. The van der Waals surface area contributed by atoms with Crippen LogP contribution in [0.5, 0.6) is 0 Å². The molecule has 1 aromatic heterocycles. The number of nitrogens with one attached hydrogen (secondary N) is 1. The van der Waals surface area contributed by atoms with Gasteiger partial charge in [0.05, 0.1) is 4.92 Å². The number of benzene rings is 2. The van der Waals surface area contributed by atoms with E-state index < -0.39 is 16.6 Å². The molecule has 0 aliphatic heterocycles. The van der Waals surface area contributed by atoms with E-state index in [0.29, 0.717) is 5.56 Å². The third-order valence-corrected chi connectivity index (χ3v) is 3.53. The van der Waals surface area contributed by atoms with Crippen molar-refractivity contribution in [2.45, 2.75) is 6.61 Å². The predicted molar refractivity (Wildman–Crippen MR) is 89.5 cm³/mol. The number of ether oxygens (including phenoxy) is 1. The van der Waals surface area contributed by atoms with Crippen LogP contribution in [-0.4, -0.2) is 15.9 Å². The zero-order valence-corrected chi connectivity index (χ0v) is 12.6. The second-order valence-corrected chi connectivity index (χ2v) is 5.14. The number of nitrogens with zero attached hydrogens (tertiary/aromatic N) is 1. The van der Waals surface area contributed by atoms with Crippen molar-refractivity contribution in [3.8, 4) is 0 Å². The third-order valence-electron chi connectivity index (χ3n) is 3.53. The van der Waals surface area contributed by atoms with Gasteiger partial charge in [-0.05, 0) is 11.6 Å². The fraction of sp³-hybridized carbons (Fsp3) is 0.0556. The van der Waals surface area contributed by atoms with Crippen LogP contribution in [-0.2, 0) is 16.1 Å². The summed E-state index contributed by atoms with van der Waals surface area (Å²) in [6, 6.07) is 16.4. The highest BCUT2D eigenvalue weighted by Gasteiger charge is 2.24. The van der Waals surface area contributed by atoms with Gasteiger partial charge in [0.2, 0.25) is 0 Å². The van der Waals surface area contributed by atoms with Gasteiger partial charge in [0.25, 0.3) is 0 Å². The Hall–Kier alpha value is -3.41. The van der Waals surface area contributed by atoms with E-state index >= 15 is 0 Å². The highest BCUT2D eigenvalue weighted by molar-refractivity contribution is 5.96. The van der Waals surface area contributed by atoms with E-state index in [1.807, 2.05) is 30.3 Å². The van der Waals surface area contributed by atoms with Crippen LogP contribution < -0.4 is 0 Å². The maximum Gasteiger partial charge on any atom is 0.410 e. The lowest BCUT2D eigenvalue weighted by molar-refractivity contribution is -0.419. The Morgan fingerprint density at radius 1 is 1.12 bits per heavy atom. The van der Waals surface area contributed by atoms with Crippen molar-refractivity contribution in [3.05, 3.63) is 87.7 Å². The van der Waals surface area contributed by atoms with Crippen LogP contribution in [0.15, 0.2) is 66.5 Å². The van der Waals surface area contributed by atoms with Gasteiger partial charge in [-0.2, -0.15) is 0 Å². The van der Waals surface area contributed by atoms with E-state index in [2.05, 4.69) is 4.98 Å². The number of hydrogen-bond donors (Lipinski definition) is 1. The van der Waals surface area contributed by atoms with Crippen LogP contribution in [0.4, 0.5) is 0 Å². The topological polar surface area (TPSA) is 85.2 Å². The molecule has 0 radical (unpaired) electrons. The van der Waals surface area contributed by atoms with Crippen molar-refractivity contribution in [3.63, 3.8) is 0 Å². The number of hydrogen-bond acceptors (Lipinski definition) is 4. The molecule has 1 heterocycles. The molecule has 0 aliphatic carbocycles. The van der Waals surface area contributed by atoms with Crippen LogP contribution in [0.1, 0.15) is 11.1 Å². The Morgan fingerprint density at radius 3 is 2.58 bits per heavy atom. The van der Waals surface area contributed by atoms with Gasteiger partial charge in [-0.1, -0.05) is 48.5 Å². The number of para-hydroxylation sites is 1. The minimum Gasteiger partial charge on any atom is -0.453 e. The molecule has 0 spiro atoms. The van der Waals surface area contributed by atoms with Crippen LogP contribution in [0.3, 0.4) is 0 Å². The molecule has 0 bridgehead atoms. The van der Waals surface area contributed by atoms with Crippen LogP contribution >= 0.6 is 0 Å². The van der Waals surface area contributed by atoms with E-state index in [1.54, 1.807) is 30.5 Å². The Kier molecular flexibility index (Phi) is 4.38. The molecule has 0 unspecified atom stereocenters. The first-order chi connectivity index (χ1) is 11.6. The zero-order chi connectivity index (χ0) is 16.9. The minimum atomic E-state index is -0.964. The van der Waals surface area contributed by atoms with Crippen molar-refractivity contribution >= 4 is 22.9 Å². The molecular formula is C18H14N2O4. The number of H-pyrrole nitrogens is 1. The highest BCUT2D eigenvalue weighted by atomic mass is 16.6. The van der Waals surface area contributed by atoms with Gasteiger partial charge < -0.3 is 9.72 Å². The van der Waals surface area contributed by atoms with Crippen molar-refractivity contribution in [1.29, 1.82) is 0 Å². The van der Waals surface area contributed by atoms with Gasteiger partial charge in [-0.3, -0.25) is 10.1 Å². The Labute approximate surface area is 137 Å². The lowest BCUT2D eigenvalue weighted by Gasteiger charge is -2.03. The molecule has 0 amide bonds. The number of aromatic amines is 1. The first kappa shape index (κ1) is 15.5. The van der Waals surface area contributed by atoms with E-state index in [9.17, 15) is 14.9 Å². The van der Waals surface area contributed by atoms with E-state index in [4.69, 9.17) is 4.74 Å². The Bertz CT molecular complexity index is 913. The van der Waals surface area contributed by atoms with Gasteiger partial charge in [0, 0.05) is 28.7 Å². The number of carbonyl (C=O) groups is 1. The summed E-state index contributed by atoms with van der Waals surface area (Å²) < 4.78 is 5.05. The molecule has 0 saturated carbocycles. The van der Waals surface area contributed by atoms with Crippen molar-refractivity contribution < 1.29 is 14.5 Å². The molecule has 120 valence electrons. The maximum atomic E-state index is 12.1. The second kappa shape index (κ2) is 6.78. The van der Waals surface area contributed by atoms with Gasteiger partial charge in [0.1, 0.15) is 6.61 Å². The molecule has 6 nitrogen and oxygen atoms in total. The van der Waals surface area contributed by atoms with Crippen LogP contribution in [0.25, 0.3) is 17.0 Å². The minimum absolute atomic E-state index is 0.0151. The van der Waals surface area contributed by atoms with Crippen LogP contribution in [0, 0.1) is 10.1 Å². The van der Waals surface area contributed by atoms with Gasteiger partial charge in [0.15, 0.2) is 0 Å². The molecule has 0 aliphatic rings. The number of fused-ring (bicyclic) bond motifs is 1. The largest absolute Gasteiger partial charge is 0.453 e. The first-order valence-electron chi connectivity index (χ1n) is 7.28. The molecule has 0 atom stereocenters. The number of nitro groups is 1. The van der Waals surface area contributed by atoms with Gasteiger partial charge >= 0.3 is 11.7 Å². The fourth-order valence-electron chi connectivity index (χ4n) is 2.34. The monoisotopic (exact) mass is 322 g/mol. The van der Waals surface area contributed by atoms with Crippen molar-refractivity contribution in [2.24, 2.45) is 0 Å². The molecule has 3 aromatic rings. The quantitative estimate of drug-likeness (QED) is 0.337. The van der Waals surface area contributed by atoms with Crippen LogP contribution in [0.2, 0.25) is 0 Å². The summed E-state index contributed by atoms with van der Waals surface area (Å²) in [5.41, 5.74) is 1.56. The average molecular weight is 322 g/mol. The molecule has 0 fully saturated rings. The molecule has 3 rings (SSSR count). The smallest absolute Gasteiger partial charge is 0.410 e. The zero-order valence-electron chi connectivity index (χ0n) is 12.6. The average Bonchev–Trinajstić information content (AvgIpc) is 3.01. The normalized spacial score (nSPS) is 11.4. The summed E-state index contributed by atoms with van der Waals surface area (Å²) in [5.74, 6) is -0.964. The molecule has 2 aromatic carbocycles. The first-order valence-corrected chi connectivity index (χ1v) is 7.28. The van der Waals surface area contributed by atoms with E-state index in [1.165, 1.54) is 6.08 Å². The summed E-state index contributed by atoms with van der Waals surface area (Å²) in [7, 11) is 0. The highest BCUT2D eigenvalue weighted by Crippen LogP contribution is 2.21. The second-order valence-electron chi connectivity index (χ2n) is 5.14. The lowest BCUT2D eigenvalue weighted by Crippen LogP contribution is -2.14. The summed E-state index contributed by atoms with van der Waals surface area (Å²) in [6.45, 7) is -0.0151. The van der Waals surface area contributed by atoms with E-state index in [-0.39, 0.29) is 6.61 Å². The third kappa shape index (κ3) is 3.33. The molecule has 6 heteroatoms. The van der Waals surface area contributed by atoms with Gasteiger partial charge in [-0.25, -0.2) is 4.79 Å². The summed E-state index contributed by atoms with van der Waals surface area (Å²) >= 11 is 0. The number of aromatic nitrogens is 1. The molecular weight excluding hydrogens is 308 g/mol. The lowest BCUT2D eigenvalue weighted by atomic mass is 10.1. The summed E-state index contributed by atoms with van der Waals surface area (Å²) in [5, 5.41) is 12.0. The van der Waals surface area contributed by atoms with Gasteiger partial charge in [-0.15, -0.1) is 0 Å². The predicted octanol–water partition coefficient (Wildman–Crippen LogP) is 3.53. The SMILES string of the molecule is O=C(OCc1ccccc1)C(=Cc1c[nH]c2ccccc12)[N+](=O)[O-]. The standard InChI is InChI=1S/C18H14N2O4/c21-18(24-12-13-6-2-1-3-7-13)17(20(22)23)10-14-11-19-16-9-5-4-8-15(14)16/h1-11,19H,12H2. The van der Waals surface area contributed by atoms with Crippen molar-refractivity contribution in [1.82, 2.24) is 4.98 Å². The van der Waals surface area contributed by atoms with Crippen molar-refractivity contribution in [2.75, 3.05) is 0 Å². The molecule has 0 saturated heterocycles. The number of esters is 1. The fourth-order valence-corrected chi connectivity index (χ4v) is 2.34. The number of rotatable bonds is 5. The van der Waals surface area contributed by atoms with E-state index in [0.717, 1.165) is 16.5 Å². The summed E-state index contributed by atoms with van der Waals surface area (Å²) in [4.78, 5) is 25.6. The Morgan fingerprint density at radius 2 is 1.83 bits per heavy atom. The number of carbonyl (C=O) groups excluding carboxylic acids is 1.